The Balaban J connectivity index is 1.74. The van der Waals surface area contributed by atoms with Gasteiger partial charge in [0.1, 0.15) is 22.8 Å². The molecule has 1 aliphatic heterocycles. The summed E-state index contributed by atoms with van der Waals surface area (Å²) < 4.78 is 17.1. The lowest BCUT2D eigenvalue weighted by Crippen LogP contribution is -2.44. The Morgan fingerprint density at radius 3 is 2.56 bits per heavy atom. The second-order valence-corrected chi connectivity index (χ2v) is 7.68. The molecule has 1 amide bonds. The Morgan fingerprint density at radius 2 is 1.89 bits per heavy atom. The zero-order chi connectivity index (χ0) is 19.6. The van der Waals surface area contributed by atoms with E-state index >= 15 is 0 Å². The van der Waals surface area contributed by atoms with Crippen LogP contribution in [0.25, 0.3) is 0 Å². The number of ether oxygens (including phenoxy) is 3. The van der Waals surface area contributed by atoms with Gasteiger partial charge in [0.2, 0.25) is 0 Å². The van der Waals surface area contributed by atoms with Crippen molar-refractivity contribution >= 4 is 17.5 Å². The van der Waals surface area contributed by atoms with Crippen LogP contribution in [0.4, 0.5) is 0 Å². The number of carbonyl (C=O) groups excluding carboxylic acids is 1. The van der Waals surface area contributed by atoms with Crippen molar-refractivity contribution in [3.8, 4) is 17.2 Å². The van der Waals surface area contributed by atoms with Crippen molar-refractivity contribution in [2.75, 3.05) is 7.11 Å². The van der Waals surface area contributed by atoms with E-state index in [1.54, 1.807) is 38.3 Å². The summed E-state index contributed by atoms with van der Waals surface area (Å²) in [4.78, 5) is 12.7. The zero-order valence-corrected chi connectivity index (χ0v) is 16.7. The van der Waals surface area contributed by atoms with E-state index in [1.165, 1.54) is 0 Å². The Kier molecular flexibility index (Phi) is 5.51. The smallest absolute Gasteiger partial charge is 0.261 e. The molecule has 2 aromatic carbocycles. The Labute approximate surface area is 164 Å². The first-order chi connectivity index (χ1) is 12.8. The van der Waals surface area contributed by atoms with Crippen LogP contribution < -0.4 is 19.5 Å². The number of benzene rings is 2. The topological polar surface area (TPSA) is 56.8 Å². The summed E-state index contributed by atoms with van der Waals surface area (Å²) >= 11 is 5.88. The summed E-state index contributed by atoms with van der Waals surface area (Å²) in [6.07, 6.45) is 0.0185. The summed E-state index contributed by atoms with van der Waals surface area (Å²) in [6.45, 7) is 5.73. The molecule has 1 heterocycles. The first kappa shape index (κ1) is 19.4. The number of halogens is 1. The Morgan fingerprint density at radius 1 is 1.22 bits per heavy atom. The fourth-order valence-electron chi connectivity index (χ4n) is 3.15. The lowest BCUT2D eigenvalue weighted by molar-refractivity contribution is -0.128. The largest absolute Gasteiger partial charge is 0.497 e. The van der Waals surface area contributed by atoms with Gasteiger partial charge in [0.25, 0.3) is 5.91 Å². The predicted molar refractivity (Wildman–Crippen MR) is 105 cm³/mol. The molecule has 0 spiro atoms. The van der Waals surface area contributed by atoms with Crippen LogP contribution >= 0.6 is 11.6 Å². The monoisotopic (exact) mass is 389 g/mol. The molecule has 6 heteroatoms. The van der Waals surface area contributed by atoms with E-state index in [-0.39, 0.29) is 11.9 Å². The van der Waals surface area contributed by atoms with Gasteiger partial charge < -0.3 is 19.5 Å². The average Bonchev–Trinajstić information content (AvgIpc) is 2.62. The summed E-state index contributed by atoms with van der Waals surface area (Å²) in [5.41, 5.74) is 0.527. The van der Waals surface area contributed by atoms with E-state index in [2.05, 4.69) is 5.32 Å². The minimum atomic E-state index is -0.640. The maximum Gasteiger partial charge on any atom is 0.261 e. The summed E-state index contributed by atoms with van der Waals surface area (Å²) in [7, 11) is 1.62. The number of carbonyl (C=O) groups is 1. The van der Waals surface area contributed by atoms with Crippen molar-refractivity contribution in [2.24, 2.45) is 0 Å². The van der Waals surface area contributed by atoms with Gasteiger partial charge in [-0.3, -0.25) is 4.79 Å². The van der Waals surface area contributed by atoms with Gasteiger partial charge in [-0.15, -0.1) is 0 Å². The number of fused-ring (bicyclic) bond motifs is 1. The van der Waals surface area contributed by atoms with Crippen LogP contribution in [0.2, 0.25) is 5.02 Å². The van der Waals surface area contributed by atoms with Gasteiger partial charge in [0, 0.05) is 23.1 Å². The minimum Gasteiger partial charge on any atom is -0.497 e. The van der Waals surface area contributed by atoms with Crippen LogP contribution in [0.1, 0.15) is 38.8 Å². The van der Waals surface area contributed by atoms with E-state index in [0.717, 1.165) is 17.1 Å². The highest BCUT2D eigenvalue weighted by Crippen LogP contribution is 2.41. The quantitative estimate of drug-likeness (QED) is 0.815. The van der Waals surface area contributed by atoms with Crippen molar-refractivity contribution < 1.29 is 19.0 Å². The molecule has 3 rings (SSSR count). The maximum absolute atomic E-state index is 12.7. The number of rotatable bonds is 5. The molecule has 0 aromatic heterocycles. The first-order valence-corrected chi connectivity index (χ1v) is 9.25. The predicted octanol–water partition coefficient (Wildman–Crippen LogP) is 4.53. The van der Waals surface area contributed by atoms with E-state index in [9.17, 15) is 4.79 Å². The highest BCUT2D eigenvalue weighted by atomic mass is 35.5. The van der Waals surface area contributed by atoms with Crippen LogP contribution in [0.5, 0.6) is 17.2 Å². The molecule has 0 saturated heterocycles. The molecule has 1 aliphatic rings. The molecule has 0 aliphatic carbocycles. The summed E-state index contributed by atoms with van der Waals surface area (Å²) in [5, 5.41) is 3.71. The van der Waals surface area contributed by atoms with Gasteiger partial charge in [-0.05, 0) is 57.2 Å². The van der Waals surface area contributed by atoms with Crippen molar-refractivity contribution in [1.82, 2.24) is 5.32 Å². The van der Waals surface area contributed by atoms with Crippen molar-refractivity contribution in [2.45, 2.75) is 44.9 Å². The molecule has 1 N–H and O–H groups in total. The van der Waals surface area contributed by atoms with Gasteiger partial charge in [-0.25, -0.2) is 0 Å². The molecule has 0 saturated carbocycles. The third kappa shape index (κ3) is 4.66. The number of nitrogens with one attached hydrogen (secondary N) is 1. The van der Waals surface area contributed by atoms with Crippen molar-refractivity contribution in [1.29, 1.82) is 0 Å². The molecule has 0 bridgehead atoms. The highest BCUT2D eigenvalue weighted by Gasteiger charge is 2.35. The van der Waals surface area contributed by atoms with Crippen LogP contribution in [0.3, 0.4) is 0 Å². The molecular formula is C21H24ClNO4. The van der Waals surface area contributed by atoms with E-state index < -0.39 is 11.7 Å². The SMILES string of the molecule is COc1ccc2c(c1)OC(C)(C)C[C@H]2NC(=O)[C@H](C)Oc1ccc(Cl)cc1. The Bertz CT molecular complexity index is 819. The first-order valence-electron chi connectivity index (χ1n) is 8.87. The molecule has 2 aromatic rings. The number of amides is 1. The van der Waals surface area contributed by atoms with Crippen LogP contribution in [-0.2, 0) is 4.79 Å². The molecular weight excluding hydrogens is 366 g/mol. The maximum atomic E-state index is 12.7. The van der Waals surface area contributed by atoms with E-state index in [1.807, 2.05) is 32.0 Å². The molecule has 5 nitrogen and oxygen atoms in total. The lowest BCUT2D eigenvalue weighted by atomic mass is 9.89. The van der Waals surface area contributed by atoms with E-state index in [4.69, 9.17) is 25.8 Å². The van der Waals surface area contributed by atoms with Gasteiger partial charge in [0.05, 0.1) is 13.2 Å². The molecule has 0 radical (unpaired) electrons. The van der Waals surface area contributed by atoms with Gasteiger partial charge in [-0.2, -0.15) is 0 Å². The van der Waals surface area contributed by atoms with Crippen LogP contribution in [0, 0.1) is 0 Å². The number of hydrogen-bond donors (Lipinski definition) is 1. The highest BCUT2D eigenvalue weighted by molar-refractivity contribution is 6.30. The zero-order valence-electron chi connectivity index (χ0n) is 15.9. The minimum absolute atomic E-state index is 0.168. The lowest BCUT2D eigenvalue weighted by Gasteiger charge is -2.38. The third-order valence-corrected chi connectivity index (χ3v) is 4.74. The number of methoxy groups -OCH3 is 1. The molecule has 144 valence electrons. The molecule has 27 heavy (non-hydrogen) atoms. The standard InChI is InChI=1S/C21H24ClNO4/c1-13(26-15-7-5-14(22)6-8-15)20(24)23-18-12-21(2,3)27-19-11-16(25-4)9-10-17(18)19/h5-11,13,18H,12H2,1-4H3,(H,23,24)/t13-,18+/m0/s1. The number of hydrogen-bond acceptors (Lipinski definition) is 4. The normalized spacial score (nSPS) is 18.6. The third-order valence-electron chi connectivity index (χ3n) is 4.49. The second kappa shape index (κ2) is 7.69. The van der Waals surface area contributed by atoms with Crippen molar-refractivity contribution in [3.63, 3.8) is 0 Å². The van der Waals surface area contributed by atoms with Gasteiger partial charge in [0.15, 0.2) is 6.10 Å². The summed E-state index contributed by atoms with van der Waals surface area (Å²) in [6, 6.07) is 12.4. The van der Waals surface area contributed by atoms with Crippen LogP contribution in [-0.4, -0.2) is 24.7 Å². The van der Waals surface area contributed by atoms with E-state index in [0.29, 0.717) is 17.2 Å². The molecule has 0 unspecified atom stereocenters. The summed E-state index contributed by atoms with van der Waals surface area (Å²) in [5.74, 6) is 1.85. The second-order valence-electron chi connectivity index (χ2n) is 7.24. The van der Waals surface area contributed by atoms with Gasteiger partial charge >= 0.3 is 0 Å². The molecule has 2 atom stereocenters. The van der Waals surface area contributed by atoms with Crippen LogP contribution in [0.15, 0.2) is 42.5 Å². The van der Waals surface area contributed by atoms with Gasteiger partial charge in [-0.1, -0.05) is 11.6 Å². The fraction of sp³-hybridized carbons (Fsp3) is 0.381. The average molecular weight is 390 g/mol. The van der Waals surface area contributed by atoms with Crippen molar-refractivity contribution in [3.05, 3.63) is 53.1 Å². The molecule has 0 fully saturated rings. The Hall–Kier alpha value is -2.40. The fourth-order valence-corrected chi connectivity index (χ4v) is 3.27.